The second kappa shape index (κ2) is 9.72. The van der Waals surface area contributed by atoms with Crippen LogP contribution in [0.3, 0.4) is 0 Å². The highest BCUT2D eigenvalue weighted by atomic mass is 79.9. The van der Waals surface area contributed by atoms with Crippen LogP contribution in [0.4, 0.5) is 11.5 Å². The van der Waals surface area contributed by atoms with Gasteiger partial charge in [0.1, 0.15) is 0 Å². The zero-order valence-corrected chi connectivity index (χ0v) is 23.4. The van der Waals surface area contributed by atoms with E-state index in [0.29, 0.717) is 13.2 Å². The molecule has 1 atom stereocenters. The number of thiophene rings is 1. The number of nitrogens with zero attached hydrogens (tertiary/aromatic N) is 6. The van der Waals surface area contributed by atoms with E-state index in [-0.39, 0.29) is 0 Å². The van der Waals surface area contributed by atoms with Gasteiger partial charge in [-0.3, -0.25) is 0 Å². The summed E-state index contributed by atoms with van der Waals surface area (Å²) in [6.45, 7) is 5.02. The predicted molar refractivity (Wildman–Crippen MR) is 152 cm³/mol. The molecule has 0 radical (unpaired) electrons. The van der Waals surface area contributed by atoms with Crippen LogP contribution in [0.2, 0.25) is 0 Å². The molecule has 1 fully saturated rings. The lowest BCUT2D eigenvalue weighted by Gasteiger charge is -2.46. The largest absolute Gasteiger partial charge is 0.379 e. The van der Waals surface area contributed by atoms with E-state index in [1.807, 2.05) is 41.1 Å². The quantitative estimate of drug-likeness (QED) is 0.264. The molecule has 0 N–H and O–H groups in total. The average molecular weight is 581 g/mol. The van der Waals surface area contributed by atoms with Crippen LogP contribution in [0.1, 0.15) is 10.6 Å². The number of morpholine rings is 1. The number of hydrogen-bond acceptors (Lipinski definition) is 5. The molecule has 36 heavy (non-hydrogen) atoms. The standard InChI is InChI=1S/C26H26BrN6OPS/c1-19-24-26(33(29-19)20-9-4-3-5-10-20)28-25(23-13-8-18-36-23)31(2)35(24,32-14-16-34-17-15-32)30-22-12-7-6-11-21(22)27/h3-13,18H,14-17H2,1-2H3/t35-/m1/s1. The first-order valence-electron chi connectivity index (χ1n) is 11.8. The SMILES string of the molecule is Cc1nn(-c2ccccc2)c2c1[P@](=Nc1ccccc1Br)(N1CCOCC1)N(C)C(c1cccs1)=N2. The van der Waals surface area contributed by atoms with Crippen molar-refractivity contribution in [3.05, 3.63) is 87.2 Å². The molecule has 4 heterocycles. The summed E-state index contributed by atoms with van der Waals surface area (Å²) in [5.41, 5.74) is 2.86. The number of fused-ring (bicyclic) bond motifs is 1. The van der Waals surface area contributed by atoms with Crippen LogP contribution in [0.5, 0.6) is 0 Å². The van der Waals surface area contributed by atoms with Crippen molar-refractivity contribution < 1.29 is 4.74 Å². The third kappa shape index (κ3) is 3.90. The molecule has 0 spiro atoms. The molecule has 0 unspecified atom stereocenters. The van der Waals surface area contributed by atoms with E-state index in [0.717, 1.165) is 56.5 Å². The smallest absolute Gasteiger partial charge is 0.170 e. The third-order valence-corrected chi connectivity index (χ3v) is 11.8. The zero-order chi connectivity index (χ0) is 24.7. The minimum Gasteiger partial charge on any atom is -0.379 e. The molecule has 0 amide bonds. The van der Waals surface area contributed by atoms with Crippen LogP contribution in [0, 0.1) is 6.92 Å². The number of aromatic nitrogens is 2. The van der Waals surface area contributed by atoms with Gasteiger partial charge in [0.2, 0.25) is 0 Å². The van der Waals surface area contributed by atoms with Crippen LogP contribution in [-0.4, -0.2) is 58.3 Å². The molecule has 0 bridgehead atoms. The molecule has 0 aliphatic carbocycles. The number of amidine groups is 1. The van der Waals surface area contributed by atoms with Crippen LogP contribution in [0.25, 0.3) is 5.69 Å². The zero-order valence-electron chi connectivity index (χ0n) is 20.1. The minimum absolute atomic E-state index is 0.674. The second-order valence-electron chi connectivity index (χ2n) is 8.63. The fourth-order valence-corrected chi connectivity index (χ4v) is 9.96. The molecule has 0 saturated carbocycles. The van der Waals surface area contributed by atoms with Gasteiger partial charge < -0.3 is 9.41 Å². The van der Waals surface area contributed by atoms with Crippen molar-refractivity contribution in [1.29, 1.82) is 0 Å². The minimum atomic E-state index is -2.56. The van der Waals surface area contributed by atoms with Gasteiger partial charge in [0.15, 0.2) is 19.0 Å². The number of rotatable bonds is 4. The van der Waals surface area contributed by atoms with E-state index < -0.39 is 7.36 Å². The van der Waals surface area contributed by atoms with Gasteiger partial charge in [-0.1, -0.05) is 36.4 Å². The molecule has 2 aromatic carbocycles. The Hall–Kier alpha value is -2.55. The summed E-state index contributed by atoms with van der Waals surface area (Å²) in [6.07, 6.45) is 0. The van der Waals surface area contributed by atoms with Crippen molar-refractivity contribution in [2.75, 3.05) is 33.4 Å². The van der Waals surface area contributed by atoms with Gasteiger partial charge in [0, 0.05) is 24.6 Å². The molecule has 7 nitrogen and oxygen atoms in total. The Morgan fingerprint density at radius 2 is 1.75 bits per heavy atom. The highest BCUT2D eigenvalue weighted by Crippen LogP contribution is 2.62. The average Bonchev–Trinajstić information content (AvgIpc) is 3.56. The Morgan fingerprint density at radius 3 is 2.47 bits per heavy atom. The first-order valence-corrected chi connectivity index (χ1v) is 15.1. The molecule has 10 heteroatoms. The molecular weight excluding hydrogens is 555 g/mol. The maximum absolute atomic E-state index is 5.79. The van der Waals surface area contributed by atoms with Gasteiger partial charge in [-0.05, 0) is 58.6 Å². The molecule has 6 rings (SSSR count). The summed E-state index contributed by atoms with van der Waals surface area (Å²) < 4.78 is 19.2. The normalized spacial score (nSPS) is 20.2. The van der Waals surface area contributed by atoms with Crippen LogP contribution in [0.15, 0.2) is 86.3 Å². The van der Waals surface area contributed by atoms with Crippen LogP contribution in [-0.2, 0) is 4.74 Å². The highest BCUT2D eigenvalue weighted by molar-refractivity contribution is 9.10. The van der Waals surface area contributed by atoms with Crippen molar-refractivity contribution in [3.8, 4) is 5.69 Å². The summed E-state index contributed by atoms with van der Waals surface area (Å²) in [5, 5.41) is 8.25. The number of halogens is 1. The van der Waals surface area contributed by atoms with Crippen molar-refractivity contribution in [3.63, 3.8) is 0 Å². The number of aryl methyl sites for hydroxylation is 1. The topological polar surface area (TPSA) is 58.3 Å². The van der Waals surface area contributed by atoms with Gasteiger partial charge in [-0.15, -0.1) is 11.3 Å². The van der Waals surface area contributed by atoms with E-state index >= 15 is 0 Å². The van der Waals surface area contributed by atoms with Gasteiger partial charge in [0.25, 0.3) is 0 Å². The monoisotopic (exact) mass is 580 g/mol. The maximum Gasteiger partial charge on any atom is 0.170 e. The van der Waals surface area contributed by atoms with E-state index in [4.69, 9.17) is 19.6 Å². The summed E-state index contributed by atoms with van der Waals surface area (Å²) in [6, 6.07) is 22.6. The summed E-state index contributed by atoms with van der Waals surface area (Å²) in [7, 11) is -0.413. The number of ether oxygens (including phenoxy) is 1. The number of benzene rings is 2. The lowest BCUT2D eigenvalue weighted by atomic mass is 10.3. The van der Waals surface area contributed by atoms with Gasteiger partial charge in [-0.2, -0.15) is 5.10 Å². The van der Waals surface area contributed by atoms with Crippen LogP contribution < -0.4 is 5.30 Å². The molecule has 1 saturated heterocycles. The summed E-state index contributed by atoms with van der Waals surface area (Å²) in [4.78, 5) is 6.38. The van der Waals surface area contributed by atoms with E-state index in [2.05, 4.69) is 75.0 Å². The lowest BCUT2D eigenvalue weighted by Crippen LogP contribution is -2.45. The summed E-state index contributed by atoms with van der Waals surface area (Å²) in [5.74, 6) is 1.78. The Kier molecular flexibility index (Phi) is 6.44. The first kappa shape index (κ1) is 23.8. The number of para-hydroxylation sites is 1. The summed E-state index contributed by atoms with van der Waals surface area (Å²) >= 11 is 5.45. The number of aliphatic imine (C=N–C) groups is 1. The second-order valence-corrected chi connectivity index (χ2v) is 13.4. The van der Waals surface area contributed by atoms with Gasteiger partial charge in [0.05, 0.1) is 40.5 Å². The molecule has 2 aliphatic heterocycles. The van der Waals surface area contributed by atoms with Crippen LogP contribution >= 0.6 is 34.6 Å². The van der Waals surface area contributed by atoms with E-state index in [1.54, 1.807) is 11.3 Å². The third-order valence-electron chi connectivity index (χ3n) is 6.47. The van der Waals surface area contributed by atoms with Crippen molar-refractivity contribution in [2.45, 2.75) is 6.92 Å². The fourth-order valence-electron chi connectivity index (χ4n) is 4.81. The first-order chi connectivity index (χ1) is 17.6. The molecule has 184 valence electrons. The van der Waals surface area contributed by atoms with Crippen molar-refractivity contribution >= 4 is 57.3 Å². The Morgan fingerprint density at radius 1 is 1.00 bits per heavy atom. The van der Waals surface area contributed by atoms with Gasteiger partial charge >= 0.3 is 0 Å². The highest BCUT2D eigenvalue weighted by Gasteiger charge is 2.45. The number of hydrogen-bond donors (Lipinski definition) is 0. The maximum atomic E-state index is 5.79. The molecule has 2 aliphatic rings. The Bertz CT molecular complexity index is 1480. The Labute approximate surface area is 223 Å². The molecule has 2 aromatic heterocycles. The Balaban J connectivity index is 1.72. The predicted octanol–water partition coefficient (Wildman–Crippen LogP) is 6.35. The van der Waals surface area contributed by atoms with Crippen molar-refractivity contribution in [1.82, 2.24) is 19.1 Å². The molecular formula is C26H26BrN6OPS. The van der Waals surface area contributed by atoms with Crippen molar-refractivity contribution in [2.24, 2.45) is 9.74 Å². The lowest BCUT2D eigenvalue weighted by molar-refractivity contribution is 0.0732. The van der Waals surface area contributed by atoms with E-state index in [9.17, 15) is 0 Å². The fraction of sp³-hybridized carbons (Fsp3) is 0.231. The van der Waals surface area contributed by atoms with E-state index in [1.165, 1.54) is 0 Å². The van der Waals surface area contributed by atoms with Gasteiger partial charge in [-0.25, -0.2) is 19.1 Å². The molecule has 4 aromatic rings.